The Balaban J connectivity index is 2.84. The lowest BCUT2D eigenvalue weighted by Crippen LogP contribution is -2.39. The van der Waals surface area contributed by atoms with Gasteiger partial charge in [-0.05, 0) is 24.5 Å². The summed E-state index contributed by atoms with van der Waals surface area (Å²) in [7, 11) is 0. The van der Waals surface area contributed by atoms with Gasteiger partial charge in [-0.25, -0.2) is 4.98 Å². The fourth-order valence-electron chi connectivity index (χ4n) is 1.79. The van der Waals surface area contributed by atoms with Gasteiger partial charge in [-0.3, -0.25) is 4.79 Å². The molecule has 5 nitrogen and oxygen atoms in total. The van der Waals surface area contributed by atoms with Crippen molar-refractivity contribution in [3.8, 4) is 5.88 Å². The van der Waals surface area contributed by atoms with Crippen LogP contribution in [0.4, 0.5) is 13.2 Å². The first-order valence-corrected chi connectivity index (χ1v) is 6.81. The fraction of sp³-hybridized carbons (Fsp3) is 0.571. The zero-order chi connectivity index (χ0) is 16.8. The van der Waals surface area contributed by atoms with Gasteiger partial charge in [0.05, 0.1) is 0 Å². The number of aromatic nitrogens is 1. The minimum absolute atomic E-state index is 0.0623. The second-order valence-corrected chi connectivity index (χ2v) is 5.10. The Kier molecular flexibility index (Phi) is 6.61. The Morgan fingerprint density at radius 2 is 2.14 bits per heavy atom. The number of aliphatic hydroxyl groups is 1. The Morgan fingerprint density at radius 1 is 1.45 bits per heavy atom. The molecule has 1 amide bonds. The van der Waals surface area contributed by atoms with Crippen molar-refractivity contribution in [2.45, 2.75) is 32.5 Å². The summed E-state index contributed by atoms with van der Waals surface area (Å²) in [5.41, 5.74) is -0.0738. The van der Waals surface area contributed by atoms with Gasteiger partial charge >= 0.3 is 6.18 Å². The zero-order valence-electron chi connectivity index (χ0n) is 12.4. The zero-order valence-corrected chi connectivity index (χ0v) is 12.4. The number of carbonyl (C=O) groups is 1. The molecule has 2 N–H and O–H groups in total. The van der Waals surface area contributed by atoms with Crippen molar-refractivity contribution < 1.29 is 27.8 Å². The van der Waals surface area contributed by atoms with Crippen molar-refractivity contribution in [3.05, 3.63) is 23.9 Å². The van der Waals surface area contributed by atoms with Crippen molar-refractivity contribution in [2.75, 3.05) is 13.2 Å². The number of ether oxygens (including phenoxy) is 1. The molecule has 0 aliphatic heterocycles. The van der Waals surface area contributed by atoms with Crippen LogP contribution in [0, 0.1) is 5.92 Å². The van der Waals surface area contributed by atoms with E-state index in [2.05, 4.69) is 15.0 Å². The predicted octanol–water partition coefficient (Wildman–Crippen LogP) is 2.16. The molecule has 0 fully saturated rings. The number of pyridine rings is 1. The molecule has 0 aliphatic carbocycles. The SMILES string of the molecule is CC(C)C(CCO)NC(=O)c1cccnc1OCC(F)(F)F. The summed E-state index contributed by atoms with van der Waals surface area (Å²) in [5.74, 6) is -0.895. The van der Waals surface area contributed by atoms with Gasteiger partial charge in [-0.1, -0.05) is 13.8 Å². The standard InChI is InChI=1S/C14H19F3N2O3/c1-9(2)11(5-7-20)19-12(21)10-4-3-6-18-13(10)22-8-14(15,16)17/h3-4,6,9,11,20H,5,7-8H2,1-2H3,(H,19,21). The number of nitrogens with zero attached hydrogens (tertiary/aromatic N) is 1. The van der Waals surface area contributed by atoms with Gasteiger partial charge in [-0.2, -0.15) is 13.2 Å². The molecule has 1 heterocycles. The number of aliphatic hydroxyl groups excluding tert-OH is 1. The second-order valence-electron chi connectivity index (χ2n) is 5.10. The highest BCUT2D eigenvalue weighted by Gasteiger charge is 2.30. The Labute approximate surface area is 126 Å². The minimum Gasteiger partial charge on any atom is -0.467 e. The molecule has 0 bridgehead atoms. The molecule has 1 aromatic heterocycles. The summed E-state index contributed by atoms with van der Waals surface area (Å²) in [6.45, 7) is 2.11. The lowest BCUT2D eigenvalue weighted by molar-refractivity contribution is -0.154. The van der Waals surface area contributed by atoms with Gasteiger partial charge in [0.25, 0.3) is 5.91 Å². The average molecular weight is 320 g/mol. The third-order valence-electron chi connectivity index (χ3n) is 2.95. The van der Waals surface area contributed by atoms with Gasteiger partial charge < -0.3 is 15.2 Å². The molecular weight excluding hydrogens is 301 g/mol. The van der Waals surface area contributed by atoms with Crippen LogP contribution in [0.5, 0.6) is 5.88 Å². The number of nitrogens with one attached hydrogen (secondary N) is 1. The van der Waals surface area contributed by atoms with E-state index < -0.39 is 18.7 Å². The van der Waals surface area contributed by atoms with E-state index in [1.54, 1.807) is 0 Å². The van der Waals surface area contributed by atoms with E-state index in [9.17, 15) is 18.0 Å². The summed E-state index contributed by atoms with van der Waals surface area (Å²) in [5, 5.41) is 11.7. The number of hydrogen-bond donors (Lipinski definition) is 2. The number of carbonyl (C=O) groups excluding carboxylic acids is 1. The molecule has 1 rings (SSSR count). The van der Waals surface area contributed by atoms with Crippen molar-refractivity contribution in [1.82, 2.24) is 10.3 Å². The van der Waals surface area contributed by atoms with Crippen LogP contribution >= 0.6 is 0 Å². The highest BCUT2D eigenvalue weighted by Crippen LogP contribution is 2.20. The molecule has 0 saturated carbocycles. The van der Waals surface area contributed by atoms with E-state index in [-0.39, 0.29) is 30.0 Å². The topological polar surface area (TPSA) is 71.5 Å². The van der Waals surface area contributed by atoms with Gasteiger partial charge in [0.1, 0.15) is 5.56 Å². The van der Waals surface area contributed by atoms with Crippen LogP contribution in [0.1, 0.15) is 30.6 Å². The molecule has 1 aromatic rings. The summed E-state index contributed by atoms with van der Waals surface area (Å²) in [6.07, 6.45) is -2.92. The first kappa shape index (κ1) is 18.2. The largest absolute Gasteiger partial charge is 0.467 e. The number of halogens is 3. The molecule has 0 spiro atoms. The number of rotatable bonds is 7. The maximum absolute atomic E-state index is 12.2. The van der Waals surface area contributed by atoms with E-state index in [1.807, 2.05) is 13.8 Å². The molecular formula is C14H19F3N2O3. The van der Waals surface area contributed by atoms with Crippen molar-refractivity contribution in [3.63, 3.8) is 0 Å². The van der Waals surface area contributed by atoms with Gasteiger partial charge in [-0.15, -0.1) is 0 Å². The van der Waals surface area contributed by atoms with Crippen LogP contribution in [-0.2, 0) is 0 Å². The number of amides is 1. The first-order chi connectivity index (χ1) is 10.2. The predicted molar refractivity (Wildman–Crippen MR) is 73.6 cm³/mol. The van der Waals surface area contributed by atoms with Crippen LogP contribution in [0.2, 0.25) is 0 Å². The van der Waals surface area contributed by atoms with Crippen molar-refractivity contribution in [1.29, 1.82) is 0 Å². The first-order valence-electron chi connectivity index (χ1n) is 6.81. The molecule has 22 heavy (non-hydrogen) atoms. The summed E-state index contributed by atoms with van der Waals surface area (Å²) in [6, 6.07) is 2.48. The maximum atomic E-state index is 12.2. The average Bonchev–Trinajstić information content (AvgIpc) is 2.44. The highest BCUT2D eigenvalue weighted by molar-refractivity contribution is 5.96. The fourth-order valence-corrected chi connectivity index (χ4v) is 1.79. The molecule has 0 saturated heterocycles. The van der Waals surface area contributed by atoms with Crippen LogP contribution in [0.25, 0.3) is 0 Å². The van der Waals surface area contributed by atoms with E-state index in [1.165, 1.54) is 18.3 Å². The minimum atomic E-state index is -4.51. The lowest BCUT2D eigenvalue weighted by Gasteiger charge is -2.22. The van der Waals surface area contributed by atoms with Gasteiger partial charge in [0.2, 0.25) is 5.88 Å². The Hall–Kier alpha value is -1.83. The molecule has 0 radical (unpaired) electrons. The van der Waals surface area contributed by atoms with E-state index in [4.69, 9.17) is 5.11 Å². The third-order valence-corrected chi connectivity index (χ3v) is 2.95. The quantitative estimate of drug-likeness (QED) is 0.807. The Bertz CT molecular complexity index is 492. The van der Waals surface area contributed by atoms with Crippen LogP contribution in [0.3, 0.4) is 0 Å². The molecule has 1 atom stereocenters. The molecule has 1 unspecified atom stereocenters. The summed E-state index contributed by atoms with van der Waals surface area (Å²) >= 11 is 0. The normalized spacial score (nSPS) is 13.0. The van der Waals surface area contributed by atoms with Crippen LogP contribution < -0.4 is 10.1 Å². The van der Waals surface area contributed by atoms with Gasteiger partial charge in [0, 0.05) is 18.8 Å². The third kappa shape index (κ3) is 5.88. The molecule has 8 heteroatoms. The van der Waals surface area contributed by atoms with Gasteiger partial charge in [0.15, 0.2) is 6.61 Å². The summed E-state index contributed by atoms with van der Waals surface area (Å²) < 4.78 is 41.2. The van der Waals surface area contributed by atoms with Crippen molar-refractivity contribution >= 4 is 5.91 Å². The second kappa shape index (κ2) is 7.98. The van der Waals surface area contributed by atoms with Crippen molar-refractivity contribution in [2.24, 2.45) is 5.92 Å². The summed E-state index contributed by atoms with van der Waals surface area (Å²) in [4.78, 5) is 15.9. The molecule has 0 aromatic carbocycles. The monoisotopic (exact) mass is 320 g/mol. The Morgan fingerprint density at radius 3 is 2.68 bits per heavy atom. The van der Waals surface area contributed by atoms with E-state index in [0.29, 0.717) is 6.42 Å². The van der Waals surface area contributed by atoms with E-state index in [0.717, 1.165) is 0 Å². The maximum Gasteiger partial charge on any atom is 0.422 e. The number of alkyl halides is 3. The van der Waals surface area contributed by atoms with Crippen LogP contribution in [-0.4, -0.2) is 41.4 Å². The highest BCUT2D eigenvalue weighted by atomic mass is 19.4. The molecule has 0 aliphatic rings. The number of hydrogen-bond acceptors (Lipinski definition) is 4. The molecule has 124 valence electrons. The smallest absolute Gasteiger partial charge is 0.422 e. The lowest BCUT2D eigenvalue weighted by atomic mass is 10.0. The van der Waals surface area contributed by atoms with E-state index >= 15 is 0 Å². The van der Waals surface area contributed by atoms with Crippen LogP contribution in [0.15, 0.2) is 18.3 Å².